The number of aromatic nitrogens is 2. The highest BCUT2D eigenvalue weighted by atomic mass is 19.4. The van der Waals surface area contributed by atoms with E-state index in [9.17, 15) is 28.1 Å². The van der Waals surface area contributed by atoms with Gasteiger partial charge in [0.15, 0.2) is 0 Å². The van der Waals surface area contributed by atoms with Gasteiger partial charge in [0.1, 0.15) is 5.69 Å². The number of rotatable bonds is 5. The van der Waals surface area contributed by atoms with Crippen LogP contribution in [0.25, 0.3) is 0 Å². The van der Waals surface area contributed by atoms with Gasteiger partial charge in [0.25, 0.3) is 6.47 Å². The molecular weight excluding hydrogens is 247 g/mol. The zero-order chi connectivity index (χ0) is 13.1. The number of alkyl halides is 3. The lowest BCUT2D eigenvalue weighted by Gasteiger charge is -2.01. The molecule has 1 rings (SSSR count). The lowest BCUT2D eigenvalue weighted by atomic mass is 10.2. The second-order valence-corrected chi connectivity index (χ2v) is 2.87. The van der Waals surface area contributed by atoms with E-state index in [1.165, 1.54) is 0 Å². The van der Waals surface area contributed by atoms with Gasteiger partial charge in [-0.1, -0.05) is 0 Å². The fourth-order valence-corrected chi connectivity index (χ4v) is 1.15. The summed E-state index contributed by atoms with van der Waals surface area (Å²) in [4.78, 5) is 19.2. The molecule has 94 valence electrons. The Kier molecular flexibility index (Phi) is 3.66. The first-order chi connectivity index (χ1) is 7.88. The summed E-state index contributed by atoms with van der Waals surface area (Å²) in [6, 6.07) is 0. The van der Waals surface area contributed by atoms with E-state index in [4.69, 9.17) is 0 Å². The molecule has 0 aliphatic carbocycles. The van der Waals surface area contributed by atoms with Crippen molar-refractivity contribution in [2.75, 3.05) is 6.61 Å². The average Bonchev–Trinajstić information content (AvgIpc) is 2.61. The average molecular weight is 253 g/mol. The number of aromatic amines is 1. The third kappa shape index (κ3) is 2.92. The normalized spacial score (nSPS) is 11.2. The summed E-state index contributed by atoms with van der Waals surface area (Å²) < 4.78 is 41.3. The molecule has 0 aromatic carbocycles. The molecule has 0 spiro atoms. The Morgan fingerprint density at radius 3 is 2.65 bits per heavy atom. The van der Waals surface area contributed by atoms with Gasteiger partial charge in [0.2, 0.25) is 5.69 Å². The Morgan fingerprint density at radius 1 is 1.53 bits per heavy atom. The van der Waals surface area contributed by atoms with Crippen LogP contribution >= 0.6 is 0 Å². The molecule has 0 saturated heterocycles. The highest BCUT2D eigenvalue weighted by molar-refractivity contribution is 5.42. The highest BCUT2D eigenvalue weighted by Crippen LogP contribution is 2.36. The lowest BCUT2D eigenvalue weighted by Crippen LogP contribution is -2.09. The maximum atomic E-state index is 12.3. The number of nitrogens with one attached hydrogen (secondary N) is 1. The van der Waals surface area contributed by atoms with Crippen LogP contribution in [-0.2, 0) is 22.1 Å². The van der Waals surface area contributed by atoms with Crippen molar-refractivity contribution in [3.63, 3.8) is 0 Å². The maximum Gasteiger partial charge on any atom is 0.439 e. The van der Waals surface area contributed by atoms with Crippen molar-refractivity contribution in [1.82, 2.24) is 10.2 Å². The number of nitro groups is 1. The molecule has 10 heteroatoms. The van der Waals surface area contributed by atoms with Gasteiger partial charge in [-0.05, 0) is 0 Å². The van der Waals surface area contributed by atoms with E-state index in [0.717, 1.165) is 0 Å². The van der Waals surface area contributed by atoms with E-state index in [2.05, 4.69) is 9.84 Å². The van der Waals surface area contributed by atoms with E-state index in [-0.39, 0.29) is 19.5 Å². The maximum absolute atomic E-state index is 12.3. The molecule has 0 fully saturated rings. The lowest BCUT2D eigenvalue weighted by molar-refractivity contribution is -0.388. The van der Waals surface area contributed by atoms with Crippen molar-refractivity contribution in [3.8, 4) is 0 Å². The first-order valence-corrected chi connectivity index (χ1v) is 4.22. The van der Waals surface area contributed by atoms with Crippen LogP contribution in [0.5, 0.6) is 0 Å². The Morgan fingerprint density at radius 2 is 2.18 bits per heavy atom. The molecule has 0 radical (unpaired) electrons. The van der Waals surface area contributed by atoms with Gasteiger partial charge in [-0.2, -0.15) is 18.3 Å². The SMILES string of the molecule is O=COCCc1n[nH]c(C(F)(F)F)c1[N+](=O)[O-]. The third-order valence-corrected chi connectivity index (χ3v) is 1.80. The predicted molar refractivity (Wildman–Crippen MR) is 46.0 cm³/mol. The Labute approximate surface area is 91.7 Å². The number of hydrogen-bond acceptors (Lipinski definition) is 5. The molecule has 1 aromatic heterocycles. The van der Waals surface area contributed by atoms with Crippen molar-refractivity contribution in [2.24, 2.45) is 0 Å². The molecule has 1 N–H and O–H groups in total. The topological polar surface area (TPSA) is 98.1 Å². The van der Waals surface area contributed by atoms with Gasteiger partial charge >= 0.3 is 11.9 Å². The summed E-state index contributed by atoms with van der Waals surface area (Å²) in [6.45, 7) is -0.199. The molecule has 0 saturated carbocycles. The first kappa shape index (κ1) is 12.9. The minimum atomic E-state index is -4.89. The summed E-state index contributed by atoms with van der Waals surface area (Å²) >= 11 is 0. The molecule has 0 aliphatic heterocycles. The van der Waals surface area contributed by atoms with Gasteiger partial charge < -0.3 is 4.74 Å². The molecule has 0 atom stereocenters. The van der Waals surface area contributed by atoms with E-state index < -0.39 is 28.2 Å². The molecule has 0 aliphatic rings. The van der Waals surface area contributed by atoms with Crippen LogP contribution in [0, 0.1) is 10.1 Å². The summed E-state index contributed by atoms with van der Waals surface area (Å²) in [7, 11) is 0. The number of carbonyl (C=O) groups excluding carboxylic acids is 1. The van der Waals surface area contributed by atoms with Gasteiger partial charge in [-0.15, -0.1) is 0 Å². The van der Waals surface area contributed by atoms with Gasteiger partial charge in [0, 0.05) is 6.42 Å². The predicted octanol–water partition coefficient (Wildman–Crippen LogP) is 1.05. The fourth-order valence-electron chi connectivity index (χ4n) is 1.15. The Bertz CT molecular complexity index is 428. The largest absolute Gasteiger partial charge is 0.467 e. The van der Waals surface area contributed by atoms with Crippen LogP contribution in [0.15, 0.2) is 0 Å². The number of carbonyl (C=O) groups is 1. The Balaban J connectivity index is 3.03. The molecule has 1 heterocycles. The molecular formula is C7H6F3N3O4. The van der Waals surface area contributed by atoms with Crippen molar-refractivity contribution >= 4 is 12.2 Å². The number of ether oxygens (including phenoxy) is 1. The second kappa shape index (κ2) is 4.80. The van der Waals surface area contributed by atoms with Gasteiger partial charge in [-0.3, -0.25) is 20.0 Å². The van der Waals surface area contributed by atoms with E-state index >= 15 is 0 Å². The van der Waals surface area contributed by atoms with Gasteiger partial charge in [-0.25, -0.2) is 0 Å². The molecule has 7 nitrogen and oxygen atoms in total. The number of H-pyrrole nitrogens is 1. The summed E-state index contributed by atoms with van der Waals surface area (Å²) in [5, 5.41) is 15.3. The van der Waals surface area contributed by atoms with Crippen LogP contribution < -0.4 is 0 Å². The minimum absolute atomic E-state index is 0.0865. The standard InChI is InChI=1S/C7H6F3N3O4/c8-7(9,10)6-5(13(15)16)4(11-12-6)1-2-17-3-14/h3H,1-2H2,(H,11,12). The van der Waals surface area contributed by atoms with Crippen LogP contribution in [-0.4, -0.2) is 28.2 Å². The van der Waals surface area contributed by atoms with Crippen LogP contribution in [0.1, 0.15) is 11.4 Å². The van der Waals surface area contributed by atoms with E-state index in [1.54, 1.807) is 5.10 Å². The summed E-state index contributed by atoms with van der Waals surface area (Å²) in [5.41, 5.74) is -3.08. The van der Waals surface area contributed by atoms with E-state index in [1.807, 2.05) is 0 Å². The van der Waals surface area contributed by atoms with Gasteiger partial charge in [0.05, 0.1) is 11.5 Å². The fraction of sp³-hybridized carbons (Fsp3) is 0.429. The quantitative estimate of drug-likeness (QED) is 0.366. The molecule has 0 unspecified atom stereocenters. The molecule has 0 bridgehead atoms. The zero-order valence-electron chi connectivity index (χ0n) is 8.15. The molecule has 0 amide bonds. The summed E-state index contributed by atoms with van der Waals surface area (Å²) in [5.74, 6) is 0. The molecule has 17 heavy (non-hydrogen) atoms. The van der Waals surface area contributed by atoms with Crippen LogP contribution in [0.4, 0.5) is 18.9 Å². The smallest absolute Gasteiger partial charge is 0.439 e. The second-order valence-electron chi connectivity index (χ2n) is 2.87. The monoisotopic (exact) mass is 253 g/mol. The van der Waals surface area contributed by atoms with Crippen molar-refractivity contribution in [1.29, 1.82) is 0 Å². The summed E-state index contributed by atoms with van der Waals surface area (Å²) in [6.07, 6.45) is -5.17. The number of hydrogen-bond donors (Lipinski definition) is 1. The number of nitrogens with zero attached hydrogens (tertiary/aromatic N) is 2. The van der Waals surface area contributed by atoms with Crippen molar-refractivity contribution in [3.05, 3.63) is 21.5 Å². The first-order valence-electron chi connectivity index (χ1n) is 4.22. The van der Waals surface area contributed by atoms with E-state index in [0.29, 0.717) is 0 Å². The van der Waals surface area contributed by atoms with Crippen LogP contribution in [0.3, 0.4) is 0 Å². The van der Waals surface area contributed by atoms with Crippen molar-refractivity contribution in [2.45, 2.75) is 12.6 Å². The third-order valence-electron chi connectivity index (χ3n) is 1.80. The Hall–Kier alpha value is -2.13. The number of halogens is 3. The zero-order valence-corrected chi connectivity index (χ0v) is 8.15. The van der Waals surface area contributed by atoms with Crippen LogP contribution in [0.2, 0.25) is 0 Å². The van der Waals surface area contributed by atoms with Crippen molar-refractivity contribution < 1.29 is 27.6 Å². The highest BCUT2D eigenvalue weighted by Gasteiger charge is 2.42. The minimum Gasteiger partial charge on any atom is -0.467 e. The molecule has 1 aromatic rings.